The first-order valence-electron chi connectivity index (χ1n) is 7.16. The number of hydrogen-bond donors (Lipinski definition) is 1. The fraction of sp³-hybridized carbons (Fsp3) is 0.278. The Bertz CT molecular complexity index is 693. The van der Waals surface area contributed by atoms with Crippen LogP contribution in [0.1, 0.15) is 21.5 Å². The van der Waals surface area contributed by atoms with Crippen LogP contribution in [0.25, 0.3) is 0 Å². The summed E-state index contributed by atoms with van der Waals surface area (Å²) < 4.78 is 5.29. The minimum Gasteiger partial charge on any atom is -0.495 e. The van der Waals surface area contributed by atoms with E-state index < -0.39 is 0 Å². The fourth-order valence-electron chi connectivity index (χ4n) is 2.41. The van der Waals surface area contributed by atoms with Gasteiger partial charge in [0, 0.05) is 25.3 Å². The van der Waals surface area contributed by atoms with E-state index in [1.807, 2.05) is 69.2 Å². The third-order valence-corrected chi connectivity index (χ3v) is 3.54. The standard InChI is InChI=1S/C18H22N2O2/c1-12-6-9-17(22-5)15(10-12)19-18(21)14-7-8-16(20(3)4)13(2)11-14/h6-11H,1-5H3,(H,19,21). The fourth-order valence-corrected chi connectivity index (χ4v) is 2.41. The largest absolute Gasteiger partial charge is 0.495 e. The average Bonchev–Trinajstić information content (AvgIpc) is 2.47. The summed E-state index contributed by atoms with van der Waals surface area (Å²) in [7, 11) is 5.57. The van der Waals surface area contributed by atoms with E-state index in [9.17, 15) is 4.79 Å². The highest BCUT2D eigenvalue weighted by molar-refractivity contribution is 6.05. The van der Waals surface area contributed by atoms with Crippen molar-refractivity contribution in [1.29, 1.82) is 0 Å². The van der Waals surface area contributed by atoms with Gasteiger partial charge in [0.15, 0.2) is 0 Å². The van der Waals surface area contributed by atoms with Gasteiger partial charge in [-0.3, -0.25) is 4.79 Å². The maximum Gasteiger partial charge on any atom is 0.255 e. The van der Waals surface area contributed by atoms with E-state index in [2.05, 4.69) is 5.32 Å². The monoisotopic (exact) mass is 298 g/mol. The Morgan fingerprint density at radius 3 is 2.41 bits per heavy atom. The number of carbonyl (C=O) groups excluding carboxylic acids is 1. The number of nitrogens with zero attached hydrogens (tertiary/aromatic N) is 1. The number of carbonyl (C=O) groups is 1. The summed E-state index contributed by atoms with van der Waals surface area (Å²) in [5.41, 5.74) is 4.54. The van der Waals surface area contributed by atoms with Crippen molar-refractivity contribution in [1.82, 2.24) is 0 Å². The Morgan fingerprint density at radius 1 is 1.09 bits per heavy atom. The molecule has 0 heterocycles. The third-order valence-electron chi connectivity index (χ3n) is 3.54. The van der Waals surface area contributed by atoms with E-state index in [0.29, 0.717) is 17.0 Å². The van der Waals surface area contributed by atoms with Gasteiger partial charge in [0.2, 0.25) is 0 Å². The van der Waals surface area contributed by atoms with E-state index in [1.54, 1.807) is 7.11 Å². The van der Waals surface area contributed by atoms with Crippen LogP contribution < -0.4 is 15.0 Å². The van der Waals surface area contributed by atoms with Gasteiger partial charge < -0.3 is 15.0 Å². The van der Waals surface area contributed by atoms with Gasteiger partial charge in [-0.25, -0.2) is 0 Å². The van der Waals surface area contributed by atoms with Crippen LogP contribution in [0.15, 0.2) is 36.4 Å². The zero-order valence-corrected chi connectivity index (χ0v) is 13.7. The summed E-state index contributed by atoms with van der Waals surface area (Å²) >= 11 is 0. The highest BCUT2D eigenvalue weighted by atomic mass is 16.5. The van der Waals surface area contributed by atoms with Crippen molar-refractivity contribution in [2.75, 3.05) is 31.4 Å². The van der Waals surface area contributed by atoms with Crippen molar-refractivity contribution in [2.24, 2.45) is 0 Å². The lowest BCUT2D eigenvalue weighted by Gasteiger charge is -2.16. The van der Waals surface area contributed by atoms with Crippen LogP contribution in [0.3, 0.4) is 0 Å². The van der Waals surface area contributed by atoms with Crippen molar-refractivity contribution in [3.8, 4) is 5.75 Å². The van der Waals surface area contributed by atoms with Crippen LogP contribution in [-0.2, 0) is 0 Å². The molecule has 0 spiro atoms. The third kappa shape index (κ3) is 3.39. The molecule has 2 aromatic rings. The van der Waals surface area contributed by atoms with Crippen LogP contribution in [0, 0.1) is 13.8 Å². The van der Waals surface area contributed by atoms with Crippen LogP contribution in [0.4, 0.5) is 11.4 Å². The Balaban J connectivity index is 2.26. The molecule has 0 saturated carbocycles. The molecule has 116 valence electrons. The maximum atomic E-state index is 12.4. The van der Waals surface area contributed by atoms with Gasteiger partial charge in [-0.15, -0.1) is 0 Å². The second kappa shape index (κ2) is 6.52. The van der Waals surface area contributed by atoms with Gasteiger partial charge >= 0.3 is 0 Å². The number of rotatable bonds is 4. The first kappa shape index (κ1) is 15.9. The zero-order valence-electron chi connectivity index (χ0n) is 13.7. The summed E-state index contributed by atoms with van der Waals surface area (Å²) in [6, 6.07) is 11.4. The van der Waals surface area contributed by atoms with Crippen molar-refractivity contribution in [3.05, 3.63) is 53.1 Å². The Hall–Kier alpha value is -2.49. The van der Waals surface area contributed by atoms with Crippen LogP contribution in [0.5, 0.6) is 5.75 Å². The molecule has 0 aliphatic rings. The first-order chi connectivity index (χ1) is 10.4. The summed E-state index contributed by atoms with van der Waals surface area (Å²) in [5, 5.41) is 2.92. The van der Waals surface area contributed by atoms with E-state index in [1.165, 1.54) is 0 Å². The van der Waals surface area contributed by atoms with Crippen LogP contribution >= 0.6 is 0 Å². The molecule has 0 radical (unpaired) electrons. The maximum absolute atomic E-state index is 12.4. The SMILES string of the molecule is COc1ccc(C)cc1NC(=O)c1ccc(N(C)C)c(C)c1. The Labute approximate surface area is 131 Å². The van der Waals surface area contributed by atoms with Crippen molar-refractivity contribution in [2.45, 2.75) is 13.8 Å². The molecule has 1 N–H and O–H groups in total. The first-order valence-corrected chi connectivity index (χ1v) is 7.16. The molecule has 2 aromatic carbocycles. The summed E-state index contributed by atoms with van der Waals surface area (Å²) in [4.78, 5) is 14.5. The molecule has 22 heavy (non-hydrogen) atoms. The molecule has 0 saturated heterocycles. The molecule has 0 aliphatic carbocycles. The lowest BCUT2D eigenvalue weighted by molar-refractivity contribution is 0.102. The smallest absolute Gasteiger partial charge is 0.255 e. The number of aryl methyl sites for hydroxylation is 2. The van der Waals surface area contributed by atoms with Gasteiger partial charge in [-0.2, -0.15) is 0 Å². The number of methoxy groups -OCH3 is 1. The van der Waals surface area contributed by atoms with Crippen molar-refractivity contribution < 1.29 is 9.53 Å². The van der Waals surface area contributed by atoms with Gasteiger partial charge in [-0.1, -0.05) is 6.07 Å². The lowest BCUT2D eigenvalue weighted by Crippen LogP contribution is -2.15. The molecular weight excluding hydrogens is 276 g/mol. The molecule has 4 heteroatoms. The summed E-state index contributed by atoms with van der Waals surface area (Å²) in [6.07, 6.45) is 0. The second-order valence-corrected chi connectivity index (χ2v) is 5.55. The zero-order chi connectivity index (χ0) is 16.3. The quantitative estimate of drug-likeness (QED) is 0.937. The number of anilines is 2. The topological polar surface area (TPSA) is 41.6 Å². The molecule has 0 aromatic heterocycles. The molecule has 4 nitrogen and oxygen atoms in total. The normalized spacial score (nSPS) is 10.2. The number of amides is 1. The molecule has 0 atom stereocenters. The Morgan fingerprint density at radius 2 is 1.82 bits per heavy atom. The van der Waals surface area contributed by atoms with E-state index in [0.717, 1.165) is 16.8 Å². The second-order valence-electron chi connectivity index (χ2n) is 5.55. The molecule has 0 aliphatic heterocycles. The van der Waals surface area contributed by atoms with Crippen molar-refractivity contribution >= 4 is 17.3 Å². The number of ether oxygens (including phenoxy) is 1. The number of hydrogen-bond acceptors (Lipinski definition) is 3. The van der Waals surface area contributed by atoms with Gasteiger partial charge in [0.1, 0.15) is 5.75 Å². The minimum atomic E-state index is -0.141. The van der Waals surface area contributed by atoms with Gasteiger partial charge in [0.05, 0.1) is 12.8 Å². The average molecular weight is 298 g/mol. The Kier molecular flexibility index (Phi) is 4.71. The number of benzene rings is 2. The molecule has 2 rings (SSSR count). The molecule has 1 amide bonds. The van der Waals surface area contributed by atoms with Crippen LogP contribution in [0.2, 0.25) is 0 Å². The van der Waals surface area contributed by atoms with E-state index in [4.69, 9.17) is 4.74 Å². The van der Waals surface area contributed by atoms with Gasteiger partial charge in [-0.05, 0) is 55.3 Å². The highest BCUT2D eigenvalue weighted by Crippen LogP contribution is 2.26. The molecule has 0 bridgehead atoms. The predicted molar refractivity (Wildman–Crippen MR) is 91.2 cm³/mol. The predicted octanol–water partition coefficient (Wildman–Crippen LogP) is 3.63. The number of nitrogens with one attached hydrogen (secondary N) is 1. The van der Waals surface area contributed by atoms with E-state index >= 15 is 0 Å². The summed E-state index contributed by atoms with van der Waals surface area (Å²) in [6.45, 7) is 3.98. The van der Waals surface area contributed by atoms with Crippen LogP contribution in [-0.4, -0.2) is 27.1 Å². The summed E-state index contributed by atoms with van der Waals surface area (Å²) in [5.74, 6) is 0.512. The minimum absolute atomic E-state index is 0.141. The lowest BCUT2D eigenvalue weighted by atomic mass is 10.1. The highest BCUT2D eigenvalue weighted by Gasteiger charge is 2.11. The van der Waals surface area contributed by atoms with E-state index in [-0.39, 0.29) is 5.91 Å². The molecule has 0 unspecified atom stereocenters. The van der Waals surface area contributed by atoms with Crippen molar-refractivity contribution in [3.63, 3.8) is 0 Å². The molecule has 0 fully saturated rings. The molecular formula is C18H22N2O2. The van der Waals surface area contributed by atoms with Gasteiger partial charge in [0.25, 0.3) is 5.91 Å².